The largest absolute Gasteiger partial charge is 0.396 e. The molecule has 2 aromatic rings. The number of hydrogen-bond acceptors (Lipinski definition) is 3. The number of aromatic nitrogens is 2. The third-order valence-electron chi connectivity index (χ3n) is 2.57. The molecule has 1 aromatic carbocycles. The summed E-state index contributed by atoms with van der Waals surface area (Å²) in [7, 11) is 0. The van der Waals surface area contributed by atoms with Crippen LogP contribution in [0.5, 0.6) is 0 Å². The zero-order chi connectivity index (χ0) is 12.8. The lowest BCUT2D eigenvalue weighted by Crippen LogP contribution is -2.15. The van der Waals surface area contributed by atoms with Crippen molar-refractivity contribution < 1.29 is 5.11 Å². The molecule has 2 N–H and O–H groups in total. The average Bonchev–Trinajstić information content (AvgIpc) is 2.84. The molecule has 0 saturated carbocycles. The van der Waals surface area contributed by atoms with E-state index in [2.05, 4.69) is 10.4 Å². The van der Waals surface area contributed by atoms with Gasteiger partial charge in [0, 0.05) is 29.9 Å². The van der Waals surface area contributed by atoms with Crippen LogP contribution in [0.15, 0.2) is 36.7 Å². The van der Waals surface area contributed by atoms with E-state index < -0.39 is 0 Å². The monoisotopic (exact) mass is 265 g/mol. The van der Waals surface area contributed by atoms with Crippen LogP contribution in [0.2, 0.25) is 5.02 Å². The quantitative estimate of drug-likeness (QED) is 0.786. The van der Waals surface area contributed by atoms with Crippen LogP contribution in [-0.2, 0) is 6.54 Å². The van der Waals surface area contributed by atoms with Crippen LogP contribution in [0, 0.1) is 0 Å². The van der Waals surface area contributed by atoms with Crippen molar-refractivity contribution in [2.75, 3.05) is 13.2 Å². The molecule has 96 valence electrons. The fourth-order valence-electron chi connectivity index (χ4n) is 1.62. The molecule has 1 aromatic heterocycles. The maximum Gasteiger partial charge on any atom is 0.0646 e. The minimum atomic E-state index is 0.219. The van der Waals surface area contributed by atoms with E-state index in [4.69, 9.17) is 16.7 Å². The molecule has 0 aliphatic carbocycles. The van der Waals surface area contributed by atoms with Gasteiger partial charge >= 0.3 is 0 Å². The van der Waals surface area contributed by atoms with Gasteiger partial charge in [0.25, 0.3) is 0 Å². The Bertz CT molecular complexity index is 481. The SMILES string of the molecule is OCCCNCc1cnn(-c2ccc(Cl)cc2)c1. The predicted molar refractivity (Wildman–Crippen MR) is 72.0 cm³/mol. The molecule has 18 heavy (non-hydrogen) atoms. The lowest BCUT2D eigenvalue weighted by molar-refractivity contribution is 0.286. The van der Waals surface area contributed by atoms with Gasteiger partial charge in [0.1, 0.15) is 0 Å². The Hall–Kier alpha value is -1.36. The van der Waals surface area contributed by atoms with Gasteiger partial charge in [-0.25, -0.2) is 4.68 Å². The Morgan fingerprint density at radius 3 is 2.78 bits per heavy atom. The van der Waals surface area contributed by atoms with Crippen molar-refractivity contribution in [2.45, 2.75) is 13.0 Å². The fraction of sp³-hybridized carbons (Fsp3) is 0.308. The highest BCUT2D eigenvalue weighted by molar-refractivity contribution is 6.30. The highest BCUT2D eigenvalue weighted by Crippen LogP contribution is 2.13. The number of rotatable bonds is 6. The molecule has 0 bridgehead atoms. The van der Waals surface area contributed by atoms with Gasteiger partial charge in [0.2, 0.25) is 0 Å². The molecule has 1 heterocycles. The summed E-state index contributed by atoms with van der Waals surface area (Å²) in [5, 5.41) is 16.9. The molecule has 4 nitrogen and oxygen atoms in total. The first-order chi connectivity index (χ1) is 8.79. The van der Waals surface area contributed by atoms with E-state index in [0.29, 0.717) is 0 Å². The molecule has 0 unspecified atom stereocenters. The van der Waals surface area contributed by atoms with Crippen LogP contribution < -0.4 is 5.32 Å². The molecule has 0 aliphatic rings. The molecule has 2 rings (SSSR count). The molecule has 0 fully saturated rings. The Kier molecular flexibility index (Phi) is 4.75. The molecular formula is C13H16ClN3O. The van der Waals surface area contributed by atoms with E-state index in [-0.39, 0.29) is 6.61 Å². The third kappa shape index (κ3) is 3.57. The van der Waals surface area contributed by atoms with Gasteiger partial charge in [-0.05, 0) is 37.2 Å². The first-order valence-corrected chi connectivity index (χ1v) is 6.28. The highest BCUT2D eigenvalue weighted by Gasteiger charge is 2.00. The summed E-state index contributed by atoms with van der Waals surface area (Å²) in [5.74, 6) is 0. The number of hydrogen-bond donors (Lipinski definition) is 2. The molecule has 0 amide bonds. The molecule has 0 spiro atoms. The minimum Gasteiger partial charge on any atom is -0.396 e. The van der Waals surface area contributed by atoms with Gasteiger partial charge in [-0.3, -0.25) is 0 Å². The number of benzene rings is 1. The van der Waals surface area contributed by atoms with Crippen molar-refractivity contribution >= 4 is 11.6 Å². The van der Waals surface area contributed by atoms with E-state index in [9.17, 15) is 0 Å². The van der Waals surface area contributed by atoms with E-state index >= 15 is 0 Å². The van der Waals surface area contributed by atoms with Gasteiger partial charge in [-0.1, -0.05) is 11.6 Å². The standard InChI is InChI=1S/C13H16ClN3O/c14-12-2-4-13(5-3-12)17-10-11(9-16-17)8-15-6-1-7-18/h2-5,9-10,15,18H,1,6-8H2. The van der Waals surface area contributed by atoms with Crippen molar-refractivity contribution in [3.05, 3.63) is 47.2 Å². The maximum atomic E-state index is 8.67. The van der Waals surface area contributed by atoms with E-state index in [0.717, 1.165) is 35.8 Å². The van der Waals surface area contributed by atoms with E-state index in [1.165, 1.54) is 0 Å². The van der Waals surface area contributed by atoms with E-state index in [1.807, 2.05) is 41.3 Å². The Labute approximate surface area is 111 Å². The molecule has 5 heteroatoms. The highest BCUT2D eigenvalue weighted by atomic mass is 35.5. The Balaban J connectivity index is 1.95. The first-order valence-electron chi connectivity index (χ1n) is 5.90. The lowest BCUT2D eigenvalue weighted by atomic mass is 10.3. The van der Waals surface area contributed by atoms with Gasteiger partial charge in [-0.2, -0.15) is 5.10 Å². The van der Waals surface area contributed by atoms with Gasteiger partial charge in [0.05, 0.1) is 11.9 Å². The second kappa shape index (κ2) is 6.54. The van der Waals surface area contributed by atoms with Gasteiger partial charge in [0.15, 0.2) is 0 Å². The van der Waals surface area contributed by atoms with Crippen LogP contribution >= 0.6 is 11.6 Å². The van der Waals surface area contributed by atoms with E-state index in [1.54, 1.807) is 0 Å². The zero-order valence-electron chi connectivity index (χ0n) is 10.0. The predicted octanol–water partition coefficient (Wildman–Crippen LogP) is 2.00. The van der Waals surface area contributed by atoms with Crippen molar-refractivity contribution in [3.8, 4) is 5.69 Å². The first kappa shape index (κ1) is 13.1. The summed E-state index contributed by atoms with van der Waals surface area (Å²) in [6, 6.07) is 7.55. The van der Waals surface area contributed by atoms with Crippen LogP contribution in [0.1, 0.15) is 12.0 Å². The zero-order valence-corrected chi connectivity index (χ0v) is 10.8. The normalized spacial score (nSPS) is 10.8. The molecular weight excluding hydrogens is 250 g/mol. The summed E-state index contributed by atoms with van der Waals surface area (Å²) in [5.41, 5.74) is 2.10. The second-order valence-electron chi connectivity index (χ2n) is 4.02. The third-order valence-corrected chi connectivity index (χ3v) is 2.82. The molecule has 0 saturated heterocycles. The number of halogens is 1. The number of nitrogens with zero attached hydrogens (tertiary/aromatic N) is 2. The van der Waals surface area contributed by atoms with Crippen molar-refractivity contribution in [2.24, 2.45) is 0 Å². The Morgan fingerprint density at radius 2 is 2.06 bits per heavy atom. The number of aliphatic hydroxyl groups excluding tert-OH is 1. The lowest BCUT2D eigenvalue weighted by Gasteiger charge is -2.01. The number of nitrogens with one attached hydrogen (secondary N) is 1. The summed E-state index contributed by atoms with van der Waals surface area (Å²) in [6.07, 6.45) is 4.58. The van der Waals surface area contributed by atoms with Gasteiger partial charge in [-0.15, -0.1) is 0 Å². The fourth-order valence-corrected chi connectivity index (χ4v) is 1.75. The maximum absolute atomic E-state index is 8.67. The average molecular weight is 266 g/mol. The van der Waals surface area contributed by atoms with Crippen LogP contribution in [0.4, 0.5) is 0 Å². The Morgan fingerprint density at radius 1 is 1.28 bits per heavy atom. The number of aliphatic hydroxyl groups is 1. The minimum absolute atomic E-state index is 0.219. The summed E-state index contributed by atoms with van der Waals surface area (Å²) >= 11 is 5.84. The second-order valence-corrected chi connectivity index (χ2v) is 4.46. The van der Waals surface area contributed by atoms with Crippen LogP contribution in [0.3, 0.4) is 0 Å². The molecule has 0 atom stereocenters. The van der Waals surface area contributed by atoms with Crippen molar-refractivity contribution in [1.82, 2.24) is 15.1 Å². The van der Waals surface area contributed by atoms with Crippen molar-refractivity contribution in [3.63, 3.8) is 0 Å². The topological polar surface area (TPSA) is 50.1 Å². The molecule has 0 aliphatic heterocycles. The molecule has 0 radical (unpaired) electrons. The smallest absolute Gasteiger partial charge is 0.0646 e. The van der Waals surface area contributed by atoms with Crippen molar-refractivity contribution in [1.29, 1.82) is 0 Å². The summed E-state index contributed by atoms with van der Waals surface area (Å²) in [4.78, 5) is 0. The summed E-state index contributed by atoms with van der Waals surface area (Å²) < 4.78 is 1.82. The van der Waals surface area contributed by atoms with Gasteiger partial charge < -0.3 is 10.4 Å². The van der Waals surface area contributed by atoms with Crippen LogP contribution in [0.25, 0.3) is 5.69 Å². The van der Waals surface area contributed by atoms with Crippen LogP contribution in [-0.4, -0.2) is 28.0 Å². The summed E-state index contributed by atoms with van der Waals surface area (Å²) in [6.45, 7) is 1.78.